The molecule has 10 heteroatoms. The Labute approximate surface area is 254 Å². The van der Waals surface area contributed by atoms with Gasteiger partial charge in [-0.15, -0.1) is 0 Å². The summed E-state index contributed by atoms with van der Waals surface area (Å²) in [5.41, 5.74) is -2.29. The zero-order chi connectivity index (χ0) is 31.6. The number of rotatable bonds is 5. The molecule has 1 N–H and O–H groups in total. The van der Waals surface area contributed by atoms with Crippen LogP contribution in [0.15, 0.2) is 0 Å². The van der Waals surface area contributed by atoms with Gasteiger partial charge in [0, 0.05) is 31.7 Å². The van der Waals surface area contributed by atoms with Gasteiger partial charge >= 0.3 is 5.97 Å². The summed E-state index contributed by atoms with van der Waals surface area (Å²) in [5.74, 6) is -0.961. The van der Waals surface area contributed by atoms with Crippen LogP contribution in [-0.2, 0) is 28.5 Å². The lowest BCUT2D eigenvalue weighted by Gasteiger charge is -2.47. The molecule has 3 fully saturated rings. The van der Waals surface area contributed by atoms with Crippen LogP contribution in [0, 0.1) is 23.2 Å². The molecule has 244 valence electrons. The summed E-state index contributed by atoms with van der Waals surface area (Å²) >= 11 is 0. The van der Waals surface area contributed by atoms with E-state index in [0.29, 0.717) is 18.8 Å². The largest absolute Gasteiger partial charge is 0.463 e. The molecule has 0 radical (unpaired) electrons. The van der Waals surface area contributed by atoms with Crippen molar-refractivity contribution in [2.45, 2.75) is 110 Å². The summed E-state index contributed by atoms with van der Waals surface area (Å²) in [6.07, 6.45) is 0.561. The second-order valence-corrected chi connectivity index (χ2v) is 14.5. The predicted octanol–water partition coefficient (Wildman–Crippen LogP) is 2.66. The number of methoxy groups -OCH3 is 1. The second-order valence-electron chi connectivity index (χ2n) is 14.5. The number of aliphatic hydroxyl groups excluding tert-OH is 1. The lowest BCUT2D eigenvalue weighted by Crippen LogP contribution is -2.59. The number of ether oxygens (including phenoxy) is 4. The summed E-state index contributed by atoms with van der Waals surface area (Å²) in [5, 5.41) is 11.3. The molecular weight excluding hydrogens is 538 g/mol. The first-order valence-corrected chi connectivity index (χ1v) is 15.8. The predicted molar refractivity (Wildman–Crippen MR) is 162 cm³/mol. The third kappa shape index (κ3) is 7.92. The number of hydrogen-bond acceptors (Lipinski definition) is 10. The minimum atomic E-state index is -1.39. The maximum absolute atomic E-state index is 14.2. The molecule has 3 aliphatic rings. The number of carbonyl (C=O) groups is 2. The summed E-state index contributed by atoms with van der Waals surface area (Å²) in [6.45, 7) is 14.3. The number of Topliss-reactive ketones (excluding diaryl/α,β-unsaturated/α-hetero) is 1. The van der Waals surface area contributed by atoms with E-state index in [9.17, 15) is 14.7 Å². The van der Waals surface area contributed by atoms with Gasteiger partial charge in [-0.1, -0.05) is 13.8 Å². The van der Waals surface area contributed by atoms with E-state index in [1.807, 2.05) is 32.8 Å². The summed E-state index contributed by atoms with van der Waals surface area (Å²) in [4.78, 5) is 34.4. The average Bonchev–Trinajstić information content (AvgIpc) is 2.92. The van der Waals surface area contributed by atoms with Gasteiger partial charge in [-0.2, -0.15) is 0 Å². The molecule has 0 bridgehead atoms. The van der Waals surface area contributed by atoms with E-state index >= 15 is 0 Å². The van der Waals surface area contributed by atoms with Crippen LogP contribution >= 0.6 is 0 Å². The molecule has 0 amide bonds. The third-order valence-electron chi connectivity index (χ3n) is 10.2. The summed E-state index contributed by atoms with van der Waals surface area (Å²) in [7, 11) is 9.76. The molecule has 3 aliphatic heterocycles. The monoisotopic (exact) mass is 597 g/mol. The van der Waals surface area contributed by atoms with Crippen LogP contribution in [-0.4, -0.2) is 135 Å². The quantitative estimate of drug-likeness (QED) is 0.376. The van der Waals surface area contributed by atoms with Crippen LogP contribution < -0.4 is 0 Å². The van der Waals surface area contributed by atoms with Crippen LogP contribution in [0.2, 0.25) is 0 Å². The number of nitrogens with zero attached hydrogens (tertiary/aromatic N) is 3. The average molecular weight is 598 g/mol. The fourth-order valence-electron chi connectivity index (χ4n) is 7.47. The van der Waals surface area contributed by atoms with Gasteiger partial charge in [0.15, 0.2) is 12.1 Å². The van der Waals surface area contributed by atoms with Crippen molar-refractivity contribution in [1.82, 2.24) is 14.7 Å². The number of likely N-dealkylation sites (tertiary alicyclic amines) is 1. The SMILES string of the molecule is CO[C@]1(C)C[C@@H](C)CN(C)[C@@H](C2CCN(C)CC2)COC(=O)C(C)(C)C(=O)[C@H](C)[C@H]1O[C@@H]1O[C@H](C)C[C@H](N(C)C)[C@H]1O. The third-order valence-corrected chi connectivity index (χ3v) is 10.2. The molecule has 0 aromatic rings. The zero-order valence-corrected chi connectivity index (χ0v) is 28.1. The Morgan fingerprint density at radius 3 is 2.24 bits per heavy atom. The van der Waals surface area contributed by atoms with E-state index in [-0.39, 0.29) is 36.5 Å². The molecule has 0 aliphatic carbocycles. The van der Waals surface area contributed by atoms with Crippen molar-refractivity contribution in [2.24, 2.45) is 23.2 Å². The van der Waals surface area contributed by atoms with Crippen LogP contribution in [0.5, 0.6) is 0 Å². The highest BCUT2D eigenvalue weighted by atomic mass is 16.7. The van der Waals surface area contributed by atoms with Gasteiger partial charge < -0.3 is 33.9 Å². The topological polar surface area (TPSA) is 101 Å². The number of hydrogen-bond donors (Lipinski definition) is 1. The Kier molecular flexibility index (Phi) is 12.0. The zero-order valence-electron chi connectivity index (χ0n) is 28.1. The van der Waals surface area contributed by atoms with Crippen LogP contribution in [0.3, 0.4) is 0 Å². The lowest BCUT2D eigenvalue weighted by atomic mass is 9.74. The first kappa shape index (κ1) is 35.3. The Bertz CT molecular complexity index is 909. The van der Waals surface area contributed by atoms with Crippen molar-refractivity contribution in [3.63, 3.8) is 0 Å². The number of likely N-dealkylation sites (N-methyl/N-ethyl adjacent to an activating group) is 2. The minimum Gasteiger partial charge on any atom is -0.463 e. The van der Waals surface area contributed by atoms with Crippen molar-refractivity contribution in [2.75, 3.05) is 61.5 Å². The molecule has 0 saturated carbocycles. The first-order valence-electron chi connectivity index (χ1n) is 15.8. The van der Waals surface area contributed by atoms with Gasteiger partial charge in [0.25, 0.3) is 0 Å². The second kappa shape index (κ2) is 14.3. The molecule has 3 heterocycles. The molecule has 0 spiro atoms. The smallest absolute Gasteiger partial charge is 0.319 e. The molecular formula is C32H59N3O7. The molecule has 10 nitrogen and oxygen atoms in total. The highest BCUT2D eigenvalue weighted by Gasteiger charge is 2.51. The Balaban J connectivity index is 1.98. The highest BCUT2D eigenvalue weighted by molar-refractivity contribution is 6.04. The van der Waals surface area contributed by atoms with Crippen molar-refractivity contribution in [1.29, 1.82) is 0 Å². The van der Waals surface area contributed by atoms with Gasteiger partial charge in [0.1, 0.15) is 18.1 Å². The maximum atomic E-state index is 14.2. The fraction of sp³-hybridized carbons (Fsp3) is 0.938. The Morgan fingerprint density at radius 1 is 1.05 bits per heavy atom. The van der Waals surface area contributed by atoms with Gasteiger partial charge in [0.2, 0.25) is 0 Å². The molecule has 9 atom stereocenters. The number of aliphatic hydroxyl groups is 1. The van der Waals surface area contributed by atoms with E-state index in [0.717, 1.165) is 32.5 Å². The van der Waals surface area contributed by atoms with Crippen LogP contribution in [0.4, 0.5) is 0 Å². The summed E-state index contributed by atoms with van der Waals surface area (Å²) < 4.78 is 24.9. The first-order chi connectivity index (χ1) is 19.5. The van der Waals surface area contributed by atoms with Crippen molar-refractivity contribution in [3.8, 4) is 0 Å². The molecule has 3 saturated heterocycles. The number of piperidine rings is 1. The molecule has 0 unspecified atom stereocenters. The molecule has 42 heavy (non-hydrogen) atoms. The maximum Gasteiger partial charge on any atom is 0.319 e. The van der Waals surface area contributed by atoms with Crippen molar-refractivity contribution in [3.05, 3.63) is 0 Å². The normalized spacial score (nSPS) is 40.7. The van der Waals surface area contributed by atoms with Gasteiger partial charge in [0.05, 0.1) is 17.8 Å². The molecule has 0 aromatic heterocycles. The molecule has 3 rings (SSSR count). The van der Waals surface area contributed by atoms with Crippen LogP contribution in [0.1, 0.15) is 67.2 Å². The van der Waals surface area contributed by atoms with Gasteiger partial charge in [-0.05, 0) is 106 Å². The fourth-order valence-corrected chi connectivity index (χ4v) is 7.47. The highest BCUT2D eigenvalue weighted by Crippen LogP contribution is 2.38. The van der Waals surface area contributed by atoms with E-state index < -0.39 is 41.4 Å². The Morgan fingerprint density at radius 2 is 1.67 bits per heavy atom. The van der Waals surface area contributed by atoms with E-state index in [1.54, 1.807) is 27.9 Å². The van der Waals surface area contributed by atoms with Gasteiger partial charge in [-0.3, -0.25) is 14.5 Å². The van der Waals surface area contributed by atoms with Crippen LogP contribution in [0.25, 0.3) is 0 Å². The van der Waals surface area contributed by atoms with E-state index in [1.165, 1.54) is 0 Å². The van der Waals surface area contributed by atoms with Gasteiger partial charge in [-0.25, -0.2) is 0 Å². The minimum absolute atomic E-state index is 0.0604. The standard InChI is InChI=1S/C32H59N3O7/c1-20-17-32(6,39-11)28(42-29-26(36)24(33(7)8)16-21(2)41-29)22(3)27(37)31(4,5)30(38)40-19-25(35(10)18-20)23-12-14-34(9)15-13-23/h20-26,28-29,36H,12-19H2,1-11H3/t20-,21-,22+,24+,25-,26-,28-,29+,32-/m1/s1. The molecule has 0 aromatic carbocycles. The number of cyclic esters (lactones) is 1. The number of esters is 1. The summed E-state index contributed by atoms with van der Waals surface area (Å²) in [6, 6.07) is -0.103. The van der Waals surface area contributed by atoms with Crippen molar-refractivity contribution < 1.29 is 33.6 Å². The lowest BCUT2D eigenvalue weighted by molar-refractivity contribution is -0.295. The van der Waals surface area contributed by atoms with E-state index in [2.05, 4.69) is 30.8 Å². The van der Waals surface area contributed by atoms with E-state index in [4.69, 9.17) is 18.9 Å². The number of ketones is 1. The Hall–Kier alpha value is -1.14. The van der Waals surface area contributed by atoms with Crippen molar-refractivity contribution >= 4 is 11.8 Å². The number of carbonyl (C=O) groups excluding carboxylic acids is 2.